The van der Waals surface area contributed by atoms with Crippen molar-refractivity contribution in [2.45, 2.75) is 5.92 Å². The molecule has 0 spiro atoms. The van der Waals surface area contributed by atoms with Crippen LogP contribution in [0.25, 0.3) is 11.4 Å². The number of halogens is 1. The Hall–Kier alpha value is -2.54. The van der Waals surface area contributed by atoms with Crippen LogP contribution in [0.3, 0.4) is 0 Å². The number of hydrogen-bond acceptors (Lipinski definition) is 5. The second-order valence-corrected chi connectivity index (χ2v) is 6.53. The average molecular weight is 385 g/mol. The average Bonchev–Trinajstić information content (AvgIpc) is 3.04. The quantitative estimate of drug-likeness (QED) is 0.693. The second kappa shape index (κ2) is 6.16. The summed E-state index contributed by atoms with van der Waals surface area (Å²) in [7, 11) is 0. The maximum Gasteiger partial charge on any atom is 0.253 e. The molecule has 3 heterocycles. The highest BCUT2D eigenvalue weighted by Gasteiger charge is 2.36. The van der Waals surface area contributed by atoms with E-state index in [0.29, 0.717) is 30.4 Å². The highest BCUT2D eigenvalue weighted by molar-refractivity contribution is 9.10. The van der Waals surface area contributed by atoms with Crippen LogP contribution in [0, 0.1) is 0 Å². The molecule has 1 aliphatic heterocycles. The third kappa shape index (κ3) is 2.82. The molecule has 3 aromatic rings. The minimum atomic E-state index is 0.0192. The van der Waals surface area contributed by atoms with Gasteiger partial charge in [0.05, 0.1) is 5.92 Å². The number of aromatic nitrogens is 3. The largest absolute Gasteiger partial charge is 0.339 e. The van der Waals surface area contributed by atoms with Crippen LogP contribution >= 0.6 is 15.9 Å². The first-order valence-electron chi connectivity index (χ1n) is 7.49. The molecular weight excluding hydrogens is 372 g/mol. The minimum absolute atomic E-state index is 0.0192. The molecular formula is C17H13BrN4O2. The third-order valence-electron chi connectivity index (χ3n) is 3.97. The summed E-state index contributed by atoms with van der Waals surface area (Å²) in [6.45, 7) is 1.17. The SMILES string of the molecule is O=C(c1ccc(Br)cc1)N1CC(c2nc(-c3cccnc3)no2)C1. The molecule has 0 N–H and O–H groups in total. The first-order chi connectivity index (χ1) is 11.7. The second-order valence-electron chi connectivity index (χ2n) is 5.61. The normalized spacial score (nSPS) is 14.5. The summed E-state index contributed by atoms with van der Waals surface area (Å²) < 4.78 is 6.29. The molecule has 120 valence electrons. The van der Waals surface area contributed by atoms with Crippen molar-refractivity contribution in [2.75, 3.05) is 13.1 Å². The fourth-order valence-corrected chi connectivity index (χ4v) is 2.85. The molecule has 0 atom stereocenters. The molecule has 0 aliphatic carbocycles. The predicted molar refractivity (Wildman–Crippen MR) is 90.3 cm³/mol. The summed E-state index contributed by atoms with van der Waals surface area (Å²) in [6, 6.07) is 11.1. The van der Waals surface area contributed by atoms with Crippen molar-refractivity contribution in [3.63, 3.8) is 0 Å². The van der Waals surface area contributed by atoms with Crippen LogP contribution in [-0.2, 0) is 0 Å². The summed E-state index contributed by atoms with van der Waals surface area (Å²) in [5.74, 6) is 1.19. The third-order valence-corrected chi connectivity index (χ3v) is 4.50. The zero-order valence-electron chi connectivity index (χ0n) is 12.6. The number of carbonyl (C=O) groups is 1. The van der Waals surface area contributed by atoms with Crippen LogP contribution in [0.4, 0.5) is 0 Å². The van der Waals surface area contributed by atoms with E-state index in [1.165, 1.54) is 0 Å². The number of likely N-dealkylation sites (tertiary alicyclic amines) is 1. The Balaban J connectivity index is 1.42. The molecule has 0 radical (unpaired) electrons. The van der Waals surface area contributed by atoms with E-state index >= 15 is 0 Å². The van der Waals surface area contributed by atoms with Crippen LogP contribution < -0.4 is 0 Å². The maximum absolute atomic E-state index is 12.4. The Labute approximate surface area is 146 Å². The lowest BCUT2D eigenvalue weighted by atomic mass is 9.99. The molecule has 1 aromatic carbocycles. The topological polar surface area (TPSA) is 72.1 Å². The lowest BCUT2D eigenvalue weighted by molar-refractivity contribution is 0.0569. The summed E-state index contributed by atoms with van der Waals surface area (Å²) in [4.78, 5) is 22.6. The molecule has 1 saturated heterocycles. The van der Waals surface area contributed by atoms with Crippen molar-refractivity contribution in [1.29, 1.82) is 0 Å². The van der Waals surface area contributed by atoms with Crippen LogP contribution in [0.2, 0.25) is 0 Å². The van der Waals surface area contributed by atoms with Gasteiger partial charge in [-0.15, -0.1) is 0 Å². The molecule has 1 aliphatic rings. The fraction of sp³-hybridized carbons (Fsp3) is 0.176. The molecule has 24 heavy (non-hydrogen) atoms. The van der Waals surface area contributed by atoms with Crippen LogP contribution in [0.1, 0.15) is 22.2 Å². The fourth-order valence-electron chi connectivity index (χ4n) is 2.59. The highest BCUT2D eigenvalue weighted by Crippen LogP contribution is 2.28. The zero-order valence-corrected chi connectivity index (χ0v) is 14.2. The van der Waals surface area contributed by atoms with Crippen molar-refractivity contribution in [1.82, 2.24) is 20.0 Å². The monoisotopic (exact) mass is 384 g/mol. The van der Waals surface area contributed by atoms with E-state index in [4.69, 9.17) is 4.52 Å². The van der Waals surface area contributed by atoms with Crippen LogP contribution in [0.15, 0.2) is 57.8 Å². The van der Waals surface area contributed by atoms with Gasteiger partial charge in [-0.1, -0.05) is 21.1 Å². The van der Waals surface area contributed by atoms with Gasteiger partial charge >= 0.3 is 0 Å². The van der Waals surface area contributed by atoms with Gasteiger partial charge in [0.15, 0.2) is 0 Å². The number of hydrogen-bond donors (Lipinski definition) is 0. The van der Waals surface area contributed by atoms with Gasteiger partial charge in [-0.25, -0.2) is 0 Å². The van der Waals surface area contributed by atoms with E-state index in [9.17, 15) is 4.79 Å². The number of nitrogens with zero attached hydrogens (tertiary/aromatic N) is 4. The van der Waals surface area contributed by atoms with E-state index in [1.54, 1.807) is 17.3 Å². The van der Waals surface area contributed by atoms with E-state index < -0.39 is 0 Å². The van der Waals surface area contributed by atoms with Gasteiger partial charge in [0.2, 0.25) is 11.7 Å². The predicted octanol–water partition coefficient (Wildman–Crippen LogP) is 3.13. The summed E-state index contributed by atoms with van der Waals surface area (Å²) in [5.41, 5.74) is 1.49. The molecule has 6 nitrogen and oxygen atoms in total. The van der Waals surface area contributed by atoms with E-state index in [0.717, 1.165) is 10.0 Å². The summed E-state index contributed by atoms with van der Waals surface area (Å²) in [5, 5.41) is 3.99. The minimum Gasteiger partial charge on any atom is -0.339 e. The number of amides is 1. The van der Waals surface area contributed by atoms with Crippen molar-refractivity contribution in [3.05, 3.63) is 64.7 Å². The van der Waals surface area contributed by atoms with Gasteiger partial charge < -0.3 is 9.42 Å². The van der Waals surface area contributed by atoms with E-state index in [1.807, 2.05) is 36.4 Å². The van der Waals surface area contributed by atoms with Gasteiger partial charge in [-0.3, -0.25) is 9.78 Å². The van der Waals surface area contributed by atoms with Gasteiger partial charge in [0.25, 0.3) is 5.91 Å². The Bertz CT molecular complexity index is 858. The maximum atomic E-state index is 12.4. The van der Waals surface area contributed by atoms with Crippen molar-refractivity contribution in [2.24, 2.45) is 0 Å². The number of rotatable bonds is 3. The van der Waals surface area contributed by atoms with Crippen LogP contribution in [0.5, 0.6) is 0 Å². The lowest BCUT2D eigenvalue weighted by Gasteiger charge is -2.37. The smallest absolute Gasteiger partial charge is 0.253 e. The van der Waals surface area contributed by atoms with Crippen molar-refractivity contribution < 1.29 is 9.32 Å². The van der Waals surface area contributed by atoms with Gasteiger partial charge in [-0.05, 0) is 36.4 Å². The molecule has 0 saturated carbocycles. The van der Waals surface area contributed by atoms with Crippen molar-refractivity contribution >= 4 is 21.8 Å². The molecule has 1 amide bonds. The Morgan fingerprint density at radius 3 is 2.71 bits per heavy atom. The molecule has 2 aromatic heterocycles. The number of pyridine rings is 1. The molecule has 4 rings (SSSR count). The first-order valence-corrected chi connectivity index (χ1v) is 8.29. The zero-order chi connectivity index (χ0) is 16.5. The number of benzene rings is 1. The van der Waals surface area contributed by atoms with Gasteiger partial charge in [-0.2, -0.15) is 4.98 Å². The van der Waals surface area contributed by atoms with Crippen molar-refractivity contribution in [3.8, 4) is 11.4 Å². The standard InChI is InChI=1S/C17H13BrN4O2/c18-14-5-3-11(4-6-14)17(23)22-9-13(10-22)16-20-15(21-24-16)12-2-1-7-19-8-12/h1-8,13H,9-10H2. The van der Waals surface area contributed by atoms with Crippen LogP contribution in [-0.4, -0.2) is 39.0 Å². The molecule has 7 heteroatoms. The Kier molecular flexibility index (Phi) is 3.86. The molecule has 0 bridgehead atoms. The van der Waals surface area contributed by atoms with E-state index in [2.05, 4.69) is 31.1 Å². The lowest BCUT2D eigenvalue weighted by Crippen LogP contribution is -2.48. The molecule has 1 fully saturated rings. The van der Waals surface area contributed by atoms with Gasteiger partial charge in [0.1, 0.15) is 0 Å². The summed E-state index contributed by atoms with van der Waals surface area (Å²) in [6.07, 6.45) is 3.39. The highest BCUT2D eigenvalue weighted by atomic mass is 79.9. The molecule has 0 unspecified atom stereocenters. The first kappa shape index (κ1) is 15.0. The summed E-state index contributed by atoms with van der Waals surface area (Å²) >= 11 is 3.37. The Morgan fingerprint density at radius 1 is 1.21 bits per heavy atom. The Morgan fingerprint density at radius 2 is 2.00 bits per heavy atom. The van der Waals surface area contributed by atoms with Gasteiger partial charge in [0, 0.05) is 41.1 Å². The number of carbonyl (C=O) groups excluding carboxylic acids is 1. The van der Waals surface area contributed by atoms with E-state index in [-0.39, 0.29) is 11.8 Å².